The minimum absolute atomic E-state index is 0.165. The van der Waals surface area contributed by atoms with E-state index in [2.05, 4.69) is 12.1 Å². The van der Waals surface area contributed by atoms with E-state index in [4.69, 9.17) is 9.47 Å². The van der Waals surface area contributed by atoms with Crippen molar-refractivity contribution in [1.29, 1.82) is 0 Å². The van der Waals surface area contributed by atoms with Crippen molar-refractivity contribution in [2.75, 3.05) is 26.9 Å². The number of hydrogen-bond donors (Lipinski definition) is 0. The summed E-state index contributed by atoms with van der Waals surface area (Å²) in [5, 5.41) is 0. The Morgan fingerprint density at radius 2 is 2.11 bits per heavy atom. The fourth-order valence-electron chi connectivity index (χ4n) is 2.26. The predicted molar refractivity (Wildman–Crippen MR) is 74.7 cm³/mol. The zero-order valence-electron chi connectivity index (χ0n) is 11.6. The van der Waals surface area contributed by atoms with Crippen molar-refractivity contribution in [3.63, 3.8) is 0 Å². The fourth-order valence-corrected chi connectivity index (χ4v) is 2.26. The Kier molecular flexibility index (Phi) is 5.55. The van der Waals surface area contributed by atoms with Gasteiger partial charge in [0.15, 0.2) is 5.78 Å². The number of methoxy groups -OCH3 is 1. The van der Waals surface area contributed by atoms with Crippen LogP contribution in [0.1, 0.15) is 47.5 Å². The van der Waals surface area contributed by atoms with Gasteiger partial charge in [-0.15, -0.1) is 0 Å². The molecule has 2 rings (SSSR count). The molecule has 0 atom stereocenters. The van der Waals surface area contributed by atoms with Gasteiger partial charge in [-0.1, -0.05) is 24.6 Å². The van der Waals surface area contributed by atoms with E-state index in [1.807, 2.05) is 12.1 Å². The number of hydrogen-bond acceptors (Lipinski definition) is 3. The Morgan fingerprint density at radius 1 is 1.26 bits per heavy atom. The van der Waals surface area contributed by atoms with E-state index < -0.39 is 0 Å². The standard InChI is InChI=1S/C16H22O3/c1-18-10-11-19-9-8-16(17)15-7-3-6-14(12-15)13-4-2-5-13/h3,6-7,12-13H,2,4-5,8-11H2,1H3. The number of carbonyl (C=O) groups excluding carboxylic acids is 1. The molecular formula is C16H22O3. The highest BCUT2D eigenvalue weighted by atomic mass is 16.5. The highest BCUT2D eigenvalue weighted by Gasteiger charge is 2.20. The van der Waals surface area contributed by atoms with Crippen LogP contribution in [0.5, 0.6) is 0 Å². The molecule has 0 heterocycles. The Labute approximate surface area is 114 Å². The van der Waals surface area contributed by atoms with E-state index in [1.54, 1.807) is 7.11 Å². The molecular weight excluding hydrogens is 240 g/mol. The molecule has 1 aromatic rings. The monoisotopic (exact) mass is 262 g/mol. The highest BCUT2D eigenvalue weighted by Crippen LogP contribution is 2.36. The fraction of sp³-hybridized carbons (Fsp3) is 0.562. The van der Waals surface area contributed by atoms with Crippen LogP contribution in [-0.2, 0) is 9.47 Å². The first-order valence-corrected chi connectivity index (χ1v) is 7.01. The lowest BCUT2D eigenvalue weighted by Crippen LogP contribution is -2.11. The molecule has 104 valence electrons. The molecule has 0 spiro atoms. The summed E-state index contributed by atoms with van der Waals surface area (Å²) in [4.78, 5) is 12.0. The largest absolute Gasteiger partial charge is 0.382 e. The molecule has 1 aliphatic carbocycles. The van der Waals surface area contributed by atoms with Crippen molar-refractivity contribution < 1.29 is 14.3 Å². The second-order valence-corrected chi connectivity index (χ2v) is 5.03. The van der Waals surface area contributed by atoms with Crippen LogP contribution < -0.4 is 0 Å². The van der Waals surface area contributed by atoms with Crippen LogP contribution in [0.3, 0.4) is 0 Å². The Balaban J connectivity index is 1.81. The molecule has 1 aromatic carbocycles. The van der Waals surface area contributed by atoms with Gasteiger partial charge >= 0.3 is 0 Å². The summed E-state index contributed by atoms with van der Waals surface area (Å²) >= 11 is 0. The quantitative estimate of drug-likeness (QED) is 0.533. The van der Waals surface area contributed by atoms with Gasteiger partial charge in [0.25, 0.3) is 0 Å². The Morgan fingerprint density at radius 3 is 2.79 bits per heavy atom. The van der Waals surface area contributed by atoms with Crippen molar-refractivity contribution in [3.8, 4) is 0 Å². The van der Waals surface area contributed by atoms with E-state index in [0.29, 0.717) is 32.2 Å². The maximum absolute atomic E-state index is 12.0. The summed E-state index contributed by atoms with van der Waals surface area (Å²) in [5.74, 6) is 0.837. The van der Waals surface area contributed by atoms with E-state index >= 15 is 0 Å². The zero-order valence-corrected chi connectivity index (χ0v) is 11.6. The molecule has 3 nitrogen and oxygen atoms in total. The predicted octanol–water partition coefficient (Wildman–Crippen LogP) is 3.19. The number of rotatable bonds is 8. The molecule has 0 saturated heterocycles. The van der Waals surface area contributed by atoms with E-state index in [1.165, 1.54) is 24.8 Å². The molecule has 0 N–H and O–H groups in total. The summed E-state index contributed by atoms with van der Waals surface area (Å²) in [6, 6.07) is 8.09. The molecule has 1 fully saturated rings. The summed E-state index contributed by atoms with van der Waals surface area (Å²) in [5.41, 5.74) is 2.14. The van der Waals surface area contributed by atoms with Gasteiger partial charge < -0.3 is 9.47 Å². The van der Waals surface area contributed by atoms with Crippen LogP contribution in [0, 0.1) is 0 Å². The van der Waals surface area contributed by atoms with Crippen molar-refractivity contribution >= 4 is 5.78 Å². The van der Waals surface area contributed by atoms with Gasteiger partial charge in [-0.3, -0.25) is 4.79 Å². The van der Waals surface area contributed by atoms with Crippen LogP contribution in [0.15, 0.2) is 24.3 Å². The van der Waals surface area contributed by atoms with Gasteiger partial charge in [-0.2, -0.15) is 0 Å². The second-order valence-electron chi connectivity index (χ2n) is 5.03. The molecule has 0 amide bonds. The molecule has 0 unspecified atom stereocenters. The van der Waals surface area contributed by atoms with Gasteiger partial charge in [-0.05, 0) is 30.4 Å². The lowest BCUT2D eigenvalue weighted by Gasteiger charge is -2.26. The molecule has 0 radical (unpaired) electrons. The third-order valence-electron chi connectivity index (χ3n) is 3.69. The van der Waals surface area contributed by atoms with Crippen LogP contribution >= 0.6 is 0 Å². The second kappa shape index (κ2) is 7.41. The van der Waals surface area contributed by atoms with Crippen molar-refractivity contribution in [2.45, 2.75) is 31.6 Å². The highest BCUT2D eigenvalue weighted by molar-refractivity contribution is 5.96. The number of benzene rings is 1. The smallest absolute Gasteiger partial charge is 0.165 e. The van der Waals surface area contributed by atoms with Crippen LogP contribution in [-0.4, -0.2) is 32.7 Å². The first-order valence-electron chi connectivity index (χ1n) is 7.01. The lowest BCUT2D eigenvalue weighted by molar-refractivity contribution is 0.0641. The van der Waals surface area contributed by atoms with Gasteiger partial charge in [0.2, 0.25) is 0 Å². The normalized spacial score (nSPS) is 15.2. The third kappa shape index (κ3) is 4.15. The van der Waals surface area contributed by atoms with E-state index in [9.17, 15) is 4.79 Å². The number of ether oxygens (including phenoxy) is 2. The van der Waals surface area contributed by atoms with Gasteiger partial charge in [-0.25, -0.2) is 0 Å². The summed E-state index contributed by atoms with van der Waals surface area (Å²) < 4.78 is 10.2. The molecule has 0 aliphatic heterocycles. The number of carbonyl (C=O) groups is 1. The van der Waals surface area contributed by atoms with Gasteiger partial charge in [0, 0.05) is 19.1 Å². The molecule has 1 saturated carbocycles. The Bertz CT molecular complexity index is 410. The van der Waals surface area contributed by atoms with E-state index in [-0.39, 0.29) is 5.78 Å². The summed E-state index contributed by atoms with van der Waals surface area (Å²) in [6.07, 6.45) is 4.28. The minimum Gasteiger partial charge on any atom is -0.382 e. The van der Waals surface area contributed by atoms with Gasteiger partial charge in [0.05, 0.1) is 19.8 Å². The van der Waals surface area contributed by atoms with Crippen molar-refractivity contribution in [3.05, 3.63) is 35.4 Å². The lowest BCUT2D eigenvalue weighted by atomic mass is 9.79. The number of Topliss-reactive ketones (excluding diaryl/α,β-unsaturated/α-hetero) is 1. The molecule has 0 bridgehead atoms. The molecule has 3 heteroatoms. The Hall–Kier alpha value is -1.19. The molecule has 1 aliphatic rings. The number of ketones is 1. The zero-order chi connectivity index (χ0) is 13.5. The van der Waals surface area contributed by atoms with Crippen LogP contribution in [0.4, 0.5) is 0 Å². The minimum atomic E-state index is 0.165. The molecule has 0 aromatic heterocycles. The molecule has 19 heavy (non-hydrogen) atoms. The average molecular weight is 262 g/mol. The maximum atomic E-state index is 12.0. The topological polar surface area (TPSA) is 35.5 Å². The first-order chi connectivity index (χ1) is 9.31. The SMILES string of the molecule is COCCOCCC(=O)c1cccc(C2CCC2)c1. The van der Waals surface area contributed by atoms with Crippen molar-refractivity contribution in [2.24, 2.45) is 0 Å². The maximum Gasteiger partial charge on any atom is 0.165 e. The van der Waals surface area contributed by atoms with E-state index in [0.717, 1.165) is 5.56 Å². The van der Waals surface area contributed by atoms with Gasteiger partial charge in [0.1, 0.15) is 0 Å². The third-order valence-corrected chi connectivity index (χ3v) is 3.69. The average Bonchev–Trinajstić information content (AvgIpc) is 2.36. The summed E-state index contributed by atoms with van der Waals surface area (Å²) in [7, 11) is 1.64. The first kappa shape index (κ1) is 14.2. The summed E-state index contributed by atoms with van der Waals surface area (Å²) in [6.45, 7) is 1.59. The van der Waals surface area contributed by atoms with Crippen molar-refractivity contribution in [1.82, 2.24) is 0 Å². The van der Waals surface area contributed by atoms with Crippen LogP contribution in [0.25, 0.3) is 0 Å². The van der Waals surface area contributed by atoms with Crippen LogP contribution in [0.2, 0.25) is 0 Å².